The highest BCUT2D eigenvalue weighted by molar-refractivity contribution is 6.30. The molecule has 3 nitrogen and oxygen atoms in total. The standard InChI is InChI=1S/C16H15ClN2O/c1-3-20-15-7-5-4-6-12(15)13-8-11-9-16(17)18-10-14(11)19(13)2/h4-10H,3H2,1-2H3. The topological polar surface area (TPSA) is 27.1 Å². The Balaban J connectivity index is 2.22. The van der Waals surface area contributed by atoms with Crippen LogP contribution in [0.2, 0.25) is 5.15 Å². The van der Waals surface area contributed by atoms with Crippen LogP contribution in [0.3, 0.4) is 0 Å². The van der Waals surface area contributed by atoms with Crippen LogP contribution in [0.5, 0.6) is 5.75 Å². The summed E-state index contributed by atoms with van der Waals surface area (Å²) in [6.45, 7) is 2.64. The Morgan fingerprint density at radius 1 is 1.25 bits per heavy atom. The Labute approximate surface area is 122 Å². The predicted octanol–water partition coefficient (Wildman–Crippen LogP) is 4.29. The van der Waals surface area contributed by atoms with Crippen LogP contribution in [0, 0.1) is 0 Å². The number of rotatable bonds is 3. The largest absolute Gasteiger partial charge is 0.493 e. The number of fused-ring (bicyclic) bond motifs is 1. The van der Waals surface area contributed by atoms with E-state index in [2.05, 4.69) is 21.7 Å². The number of hydrogen-bond donors (Lipinski definition) is 0. The minimum atomic E-state index is 0.507. The monoisotopic (exact) mass is 286 g/mol. The number of aromatic nitrogens is 2. The van der Waals surface area contributed by atoms with E-state index in [1.807, 2.05) is 38.2 Å². The summed E-state index contributed by atoms with van der Waals surface area (Å²) in [5.74, 6) is 0.889. The van der Waals surface area contributed by atoms with E-state index in [-0.39, 0.29) is 0 Å². The molecule has 102 valence electrons. The third kappa shape index (κ3) is 2.14. The summed E-state index contributed by atoms with van der Waals surface area (Å²) in [5, 5.41) is 1.58. The van der Waals surface area contributed by atoms with Gasteiger partial charge in [0.05, 0.1) is 24.0 Å². The van der Waals surface area contributed by atoms with Crippen LogP contribution in [0.25, 0.3) is 22.2 Å². The molecule has 0 radical (unpaired) electrons. The molecular weight excluding hydrogens is 272 g/mol. The molecule has 0 atom stereocenters. The van der Waals surface area contributed by atoms with Gasteiger partial charge in [0.1, 0.15) is 10.9 Å². The molecule has 2 heterocycles. The summed E-state index contributed by atoms with van der Waals surface area (Å²) in [6, 6.07) is 12.0. The van der Waals surface area contributed by atoms with Crippen LogP contribution < -0.4 is 4.74 Å². The summed E-state index contributed by atoms with van der Waals surface area (Å²) in [4.78, 5) is 4.15. The second-order valence-corrected chi connectivity index (χ2v) is 4.97. The van der Waals surface area contributed by atoms with Crippen LogP contribution in [0.4, 0.5) is 0 Å². The van der Waals surface area contributed by atoms with Gasteiger partial charge >= 0.3 is 0 Å². The molecule has 0 saturated heterocycles. The van der Waals surface area contributed by atoms with Gasteiger partial charge in [-0.3, -0.25) is 0 Å². The maximum absolute atomic E-state index is 5.96. The van der Waals surface area contributed by atoms with E-state index < -0.39 is 0 Å². The van der Waals surface area contributed by atoms with Crippen LogP contribution >= 0.6 is 11.6 Å². The molecule has 0 saturated carbocycles. The molecule has 0 unspecified atom stereocenters. The zero-order valence-electron chi connectivity index (χ0n) is 11.4. The number of benzene rings is 1. The fraction of sp³-hybridized carbons (Fsp3) is 0.188. The van der Waals surface area contributed by atoms with Crippen LogP contribution in [0.15, 0.2) is 42.6 Å². The van der Waals surface area contributed by atoms with Gasteiger partial charge in [0.25, 0.3) is 0 Å². The van der Waals surface area contributed by atoms with Crippen molar-refractivity contribution in [3.8, 4) is 17.0 Å². The van der Waals surface area contributed by atoms with Gasteiger partial charge in [-0.25, -0.2) is 4.98 Å². The highest BCUT2D eigenvalue weighted by atomic mass is 35.5. The molecule has 0 spiro atoms. The van der Waals surface area contributed by atoms with Crippen molar-refractivity contribution in [2.24, 2.45) is 7.05 Å². The zero-order chi connectivity index (χ0) is 14.1. The van der Waals surface area contributed by atoms with Crippen LogP contribution in [-0.2, 0) is 7.05 Å². The molecule has 3 aromatic rings. The van der Waals surface area contributed by atoms with Gasteiger partial charge in [0, 0.05) is 18.0 Å². The first-order valence-electron chi connectivity index (χ1n) is 6.54. The SMILES string of the molecule is CCOc1ccccc1-c1cc2cc(Cl)ncc2n1C. The highest BCUT2D eigenvalue weighted by Crippen LogP contribution is 2.33. The molecule has 20 heavy (non-hydrogen) atoms. The molecular formula is C16H15ClN2O. The van der Waals surface area contributed by atoms with E-state index in [0.29, 0.717) is 11.8 Å². The Morgan fingerprint density at radius 3 is 2.85 bits per heavy atom. The maximum atomic E-state index is 5.96. The predicted molar refractivity (Wildman–Crippen MR) is 82.3 cm³/mol. The fourth-order valence-corrected chi connectivity index (χ4v) is 2.59. The van der Waals surface area contributed by atoms with Crippen molar-refractivity contribution < 1.29 is 4.74 Å². The molecule has 0 bridgehead atoms. The summed E-state index contributed by atoms with van der Waals surface area (Å²) in [5.41, 5.74) is 3.22. The molecule has 0 N–H and O–H groups in total. The van der Waals surface area contributed by atoms with Gasteiger partial charge in [-0.1, -0.05) is 23.7 Å². The van der Waals surface area contributed by atoms with Crippen molar-refractivity contribution in [2.75, 3.05) is 6.61 Å². The van der Waals surface area contributed by atoms with Crippen molar-refractivity contribution in [3.05, 3.63) is 47.7 Å². The van der Waals surface area contributed by atoms with Crippen molar-refractivity contribution in [2.45, 2.75) is 6.92 Å². The average molecular weight is 287 g/mol. The number of ether oxygens (including phenoxy) is 1. The quantitative estimate of drug-likeness (QED) is 0.672. The molecule has 0 fully saturated rings. The lowest BCUT2D eigenvalue weighted by atomic mass is 10.1. The number of aryl methyl sites for hydroxylation is 1. The molecule has 0 aliphatic carbocycles. The lowest BCUT2D eigenvalue weighted by molar-refractivity contribution is 0.341. The summed E-state index contributed by atoms with van der Waals surface area (Å²) >= 11 is 5.96. The van der Waals surface area contributed by atoms with Crippen molar-refractivity contribution >= 4 is 22.5 Å². The van der Waals surface area contributed by atoms with E-state index in [1.54, 1.807) is 6.20 Å². The Bertz CT molecular complexity index is 764. The normalized spacial score (nSPS) is 10.9. The average Bonchev–Trinajstić information content (AvgIpc) is 2.76. The zero-order valence-corrected chi connectivity index (χ0v) is 12.2. The van der Waals surface area contributed by atoms with Gasteiger partial charge in [-0.2, -0.15) is 0 Å². The summed E-state index contributed by atoms with van der Waals surface area (Å²) in [6.07, 6.45) is 1.80. The van der Waals surface area contributed by atoms with Crippen LogP contribution in [0.1, 0.15) is 6.92 Å². The number of para-hydroxylation sites is 1. The lowest BCUT2D eigenvalue weighted by Crippen LogP contribution is -1.97. The van der Waals surface area contributed by atoms with Crippen molar-refractivity contribution in [1.29, 1.82) is 0 Å². The first kappa shape index (κ1) is 13.0. The number of nitrogens with zero attached hydrogens (tertiary/aromatic N) is 2. The summed E-state index contributed by atoms with van der Waals surface area (Å²) in [7, 11) is 2.02. The van der Waals surface area contributed by atoms with E-state index >= 15 is 0 Å². The van der Waals surface area contributed by atoms with E-state index in [0.717, 1.165) is 27.9 Å². The van der Waals surface area contributed by atoms with E-state index in [1.165, 1.54) is 0 Å². The fourth-order valence-electron chi connectivity index (χ4n) is 2.42. The third-order valence-electron chi connectivity index (χ3n) is 3.36. The van der Waals surface area contributed by atoms with Crippen molar-refractivity contribution in [1.82, 2.24) is 9.55 Å². The minimum Gasteiger partial charge on any atom is -0.493 e. The molecule has 0 aliphatic rings. The first-order chi connectivity index (χ1) is 9.70. The Hall–Kier alpha value is -2.00. The minimum absolute atomic E-state index is 0.507. The maximum Gasteiger partial charge on any atom is 0.129 e. The summed E-state index contributed by atoms with van der Waals surface area (Å²) < 4.78 is 7.82. The number of halogens is 1. The lowest BCUT2D eigenvalue weighted by Gasteiger charge is -2.10. The van der Waals surface area contributed by atoms with Gasteiger partial charge in [0.2, 0.25) is 0 Å². The smallest absolute Gasteiger partial charge is 0.129 e. The van der Waals surface area contributed by atoms with Crippen LogP contribution in [-0.4, -0.2) is 16.2 Å². The highest BCUT2D eigenvalue weighted by Gasteiger charge is 2.12. The first-order valence-corrected chi connectivity index (χ1v) is 6.91. The molecule has 3 rings (SSSR count). The molecule has 1 aromatic carbocycles. The van der Waals surface area contributed by atoms with Crippen molar-refractivity contribution in [3.63, 3.8) is 0 Å². The molecule has 0 aliphatic heterocycles. The molecule has 2 aromatic heterocycles. The number of pyridine rings is 1. The number of hydrogen-bond acceptors (Lipinski definition) is 2. The second-order valence-electron chi connectivity index (χ2n) is 4.58. The third-order valence-corrected chi connectivity index (χ3v) is 3.57. The molecule has 4 heteroatoms. The van der Waals surface area contributed by atoms with E-state index in [4.69, 9.17) is 16.3 Å². The Morgan fingerprint density at radius 2 is 2.05 bits per heavy atom. The van der Waals surface area contributed by atoms with Gasteiger partial charge in [-0.15, -0.1) is 0 Å². The van der Waals surface area contributed by atoms with Gasteiger partial charge in [0.15, 0.2) is 0 Å². The molecule has 0 amide bonds. The van der Waals surface area contributed by atoms with E-state index in [9.17, 15) is 0 Å². The second kappa shape index (κ2) is 5.17. The van der Waals surface area contributed by atoms with Gasteiger partial charge < -0.3 is 9.30 Å². The van der Waals surface area contributed by atoms with Gasteiger partial charge in [-0.05, 0) is 31.2 Å². The Kier molecular flexibility index (Phi) is 3.36.